The number of hydrogen-bond donors (Lipinski definition) is 0. The second kappa shape index (κ2) is 10.4. The normalized spacial score (nSPS) is 12.8. The molecule has 0 radical (unpaired) electrons. The molecule has 1 nitrogen and oxygen atoms in total. The molecule has 0 aliphatic heterocycles. The summed E-state index contributed by atoms with van der Waals surface area (Å²) in [7, 11) is 2.38. The molecule has 0 saturated carbocycles. The Labute approximate surface area is 126 Å². The SMILES string of the molecule is CC[N+](C)(CC)CC[C@@H](C)CCC=C(C)C.[I-]. The van der Waals surface area contributed by atoms with E-state index in [1.165, 1.54) is 49.0 Å². The molecule has 17 heavy (non-hydrogen) atoms. The van der Waals surface area contributed by atoms with Crippen molar-refractivity contribution < 1.29 is 28.5 Å². The molecule has 0 aromatic heterocycles. The lowest BCUT2D eigenvalue weighted by atomic mass is 10.00. The smallest absolute Gasteiger partial charge is 0.0786 e. The van der Waals surface area contributed by atoms with Crippen molar-refractivity contribution in [2.24, 2.45) is 5.92 Å². The minimum atomic E-state index is 0. The maximum absolute atomic E-state index is 2.40. The van der Waals surface area contributed by atoms with Crippen molar-refractivity contribution in [1.82, 2.24) is 0 Å². The summed E-state index contributed by atoms with van der Waals surface area (Å²) in [5.41, 5.74) is 1.45. The molecule has 0 aliphatic carbocycles. The summed E-state index contributed by atoms with van der Waals surface area (Å²) in [4.78, 5) is 0. The number of hydrogen-bond acceptors (Lipinski definition) is 0. The summed E-state index contributed by atoms with van der Waals surface area (Å²) >= 11 is 0. The highest BCUT2D eigenvalue weighted by atomic mass is 127. The Morgan fingerprint density at radius 2 is 1.65 bits per heavy atom. The zero-order valence-electron chi connectivity index (χ0n) is 12.7. The van der Waals surface area contributed by atoms with E-state index in [2.05, 4.69) is 47.7 Å². The van der Waals surface area contributed by atoms with E-state index < -0.39 is 0 Å². The van der Waals surface area contributed by atoms with Crippen LogP contribution in [0.15, 0.2) is 11.6 Å². The number of nitrogens with zero attached hydrogens (tertiary/aromatic N) is 1. The molecule has 0 spiro atoms. The third-order valence-electron chi connectivity index (χ3n) is 3.90. The fourth-order valence-corrected chi connectivity index (χ4v) is 1.87. The van der Waals surface area contributed by atoms with Crippen molar-refractivity contribution in [3.05, 3.63) is 11.6 Å². The monoisotopic (exact) mass is 353 g/mol. The van der Waals surface area contributed by atoms with Gasteiger partial charge in [0.05, 0.1) is 26.7 Å². The van der Waals surface area contributed by atoms with Gasteiger partial charge in [-0.05, 0) is 52.9 Å². The fraction of sp³-hybridized carbons (Fsp3) is 0.867. The van der Waals surface area contributed by atoms with Crippen molar-refractivity contribution >= 4 is 0 Å². The molecule has 0 aromatic carbocycles. The molecule has 0 heterocycles. The first kappa shape index (κ1) is 19.8. The lowest BCUT2D eigenvalue weighted by Gasteiger charge is -2.33. The average Bonchev–Trinajstić information content (AvgIpc) is 2.25. The van der Waals surface area contributed by atoms with Gasteiger partial charge in [0.2, 0.25) is 0 Å². The van der Waals surface area contributed by atoms with Crippen LogP contribution in [0.1, 0.15) is 53.9 Å². The van der Waals surface area contributed by atoms with Crippen molar-refractivity contribution in [2.45, 2.75) is 53.9 Å². The Morgan fingerprint density at radius 1 is 1.12 bits per heavy atom. The van der Waals surface area contributed by atoms with Gasteiger partial charge >= 0.3 is 0 Å². The third kappa shape index (κ3) is 10.1. The number of halogens is 1. The van der Waals surface area contributed by atoms with Crippen molar-refractivity contribution in [3.63, 3.8) is 0 Å². The van der Waals surface area contributed by atoms with Gasteiger partial charge in [0.25, 0.3) is 0 Å². The second-order valence-electron chi connectivity index (χ2n) is 5.73. The van der Waals surface area contributed by atoms with Gasteiger partial charge < -0.3 is 28.5 Å². The van der Waals surface area contributed by atoms with Crippen LogP contribution in [0.3, 0.4) is 0 Å². The van der Waals surface area contributed by atoms with Gasteiger partial charge in [0, 0.05) is 0 Å². The topological polar surface area (TPSA) is 0 Å². The summed E-state index contributed by atoms with van der Waals surface area (Å²) in [6.45, 7) is 15.2. The summed E-state index contributed by atoms with van der Waals surface area (Å²) in [6, 6.07) is 0. The van der Waals surface area contributed by atoms with Gasteiger partial charge in [-0.1, -0.05) is 18.6 Å². The zero-order chi connectivity index (χ0) is 12.6. The van der Waals surface area contributed by atoms with Gasteiger partial charge in [0.1, 0.15) is 0 Å². The highest BCUT2D eigenvalue weighted by molar-refractivity contribution is 4.92. The summed E-state index contributed by atoms with van der Waals surface area (Å²) in [5.74, 6) is 0.867. The van der Waals surface area contributed by atoms with Crippen molar-refractivity contribution in [3.8, 4) is 0 Å². The molecule has 1 atom stereocenters. The second-order valence-corrected chi connectivity index (χ2v) is 5.73. The Hall–Kier alpha value is 0.430. The zero-order valence-corrected chi connectivity index (χ0v) is 14.9. The molecule has 0 aromatic rings. The lowest BCUT2D eigenvalue weighted by molar-refractivity contribution is -0.906. The van der Waals surface area contributed by atoms with Crippen LogP contribution in [0.2, 0.25) is 0 Å². The molecule has 0 aliphatic rings. The molecule has 0 bridgehead atoms. The third-order valence-corrected chi connectivity index (χ3v) is 3.90. The standard InChI is InChI=1S/C15H32N.HI/c1-7-16(6,8-2)13-12-15(5)11-9-10-14(3)4;/h10,15H,7-9,11-13H2,1-6H3;1H/q+1;/p-1/t15-;/m0./s1. The predicted octanol–water partition coefficient (Wildman–Crippen LogP) is 1.25. The highest BCUT2D eigenvalue weighted by Gasteiger charge is 2.17. The minimum absolute atomic E-state index is 0. The molecule has 2 heteroatoms. The summed E-state index contributed by atoms with van der Waals surface area (Å²) in [6.07, 6.45) is 6.34. The van der Waals surface area contributed by atoms with E-state index in [0.717, 1.165) is 5.92 Å². The van der Waals surface area contributed by atoms with E-state index in [4.69, 9.17) is 0 Å². The minimum Gasteiger partial charge on any atom is -1.00 e. The Kier molecular flexibility index (Phi) is 12.0. The van der Waals surface area contributed by atoms with E-state index in [9.17, 15) is 0 Å². The number of rotatable bonds is 8. The molecular formula is C15H32IN. The van der Waals surface area contributed by atoms with Crippen LogP contribution in [0, 0.1) is 5.92 Å². The molecular weight excluding hydrogens is 321 g/mol. The van der Waals surface area contributed by atoms with E-state index in [1.54, 1.807) is 0 Å². The molecule has 0 N–H and O–H groups in total. The first-order valence-corrected chi connectivity index (χ1v) is 6.90. The first-order chi connectivity index (χ1) is 7.43. The molecule has 104 valence electrons. The fourth-order valence-electron chi connectivity index (χ4n) is 1.87. The van der Waals surface area contributed by atoms with Crippen LogP contribution < -0.4 is 24.0 Å². The van der Waals surface area contributed by atoms with E-state index >= 15 is 0 Å². The number of quaternary nitrogens is 1. The van der Waals surface area contributed by atoms with Gasteiger partial charge in [-0.3, -0.25) is 0 Å². The maximum atomic E-state index is 2.40. The van der Waals surface area contributed by atoms with Crippen LogP contribution in [-0.4, -0.2) is 31.2 Å². The van der Waals surface area contributed by atoms with Crippen molar-refractivity contribution in [1.29, 1.82) is 0 Å². The van der Waals surface area contributed by atoms with Crippen molar-refractivity contribution in [2.75, 3.05) is 26.7 Å². The van der Waals surface area contributed by atoms with Gasteiger partial charge in [0.15, 0.2) is 0 Å². The molecule has 0 amide bonds. The molecule has 0 unspecified atom stereocenters. The summed E-state index contributed by atoms with van der Waals surface area (Å²) < 4.78 is 1.23. The first-order valence-electron chi connectivity index (χ1n) is 6.90. The average molecular weight is 353 g/mol. The van der Waals surface area contributed by atoms with Crippen LogP contribution in [-0.2, 0) is 0 Å². The van der Waals surface area contributed by atoms with Crippen LogP contribution in [0.4, 0.5) is 0 Å². The highest BCUT2D eigenvalue weighted by Crippen LogP contribution is 2.14. The largest absolute Gasteiger partial charge is 1.00 e. The van der Waals surface area contributed by atoms with E-state index in [0.29, 0.717) is 0 Å². The van der Waals surface area contributed by atoms with Gasteiger partial charge in [-0.2, -0.15) is 0 Å². The van der Waals surface area contributed by atoms with Gasteiger partial charge in [-0.15, -0.1) is 0 Å². The Morgan fingerprint density at radius 3 is 2.06 bits per heavy atom. The predicted molar refractivity (Wildman–Crippen MR) is 74.6 cm³/mol. The van der Waals surface area contributed by atoms with E-state index in [1.807, 2.05) is 0 Å². The maximum Gasteiger partial charge on any atom is 0.0786 e. The number of allylic oxidation sites excluding steroid dienone is 2. The van der Waals surface area contributed by atoms with Crippen LogP contribution in [0.25, 0.3) is 0 Å². The summed E-state index contributed by atoms with van der Waals surface area (Å²) in [5, 5.41) is 0. The van der Waals surface area contributed by atoms with Crippen LogP contribution >= 0.6 is 0 Å². The quantitative estimate of drug-likeness (QED) is 0.350. The Bertz CT molecular complexity index is 203. The van der Waals surface area contributed by atoms with Crippen LogP contribution in [0.5, 0.6) is 0 Å². The Balaban J connectivity index is 0. The van der Waals surface area contributed by atoms with E-state index in [-0.39, 0.29) is 24.0 Å². The molecule has 0 saturated heterocycles. The molecule has 0 fully saturated rings. The molecule has 0 rings (SSSR count). The lowest BCUT2D eigenvalue weighted by Crippen LogP contribution is -3.00. The van der Waals surface area contributed by atoms with Gasteiger partial charge in [-0.25, -0.2) is 0 Å².